The fourth-order valence-corrected chi connectivity index (χ4v) is 1.31. The maximum absolute atomic E-state index is 11.4. The van der Waals surface area contributed by atoms with E-state index in [1.54, 1.807) is 0 Å². The topological polar surface area (TPSA) is 109 Å². The van der Waals surface area contributed by atoms with E-state index in [1.807, 2.05) is 0 Å². The van der Waals surface area contributed by atoms with Gasteiger partial charge in [-0.05, 0) is 6.07 Å². The van der Waals surface area contributed by atoms with Crippen LogP contribution in [-0.4, -0.2) is 29.6 Å². The van der Waals surface area contributed by atoms with E-state index in [-0.39, 0.29) is 18.8 Å². The van der Waals surface area contributed by atoms with Gasteiger partial charge >= 0.3 is 17.8 Å². The van der Waals surface area contributed by atoms with Crippen molar-refractivity contribution in [1.82, 2.24) is 0 Å². The highest BCUT2D eigenvalue weighted by molar-refractivity contribution is 5.89. The van der Waals surface area contributed by atoms with Crippen molar-refractivity contribution in [3.63, 3.8) is 0 Å². The lowest BCUT2D eigenvalue weighted by Gasteiger charge is -2.05. The van der Waals surface area contributed by atoms with E-state index in [2.05, 4.69) is 9.15 Å². The van der Waals surface area contributed by atoms with Crippen LogP contribution in [0.3, 0.4) is 0 Å². The maximum atomic E-state index is 11.4. The van der Waals surface area contributed by atoms with Gasteiger partial charge in [-0.25, -0.2) is 9.59 Å². The van der Waals surface area contributed by atoms with Gasteiger partial charge in [0.05, 0.1) is 12.7 Å². The zero-order chi connectivity index (χ0) is 12.4. The quantitative estimate of drug-likeness (QED) is 0.434. The van der Waals surface area contributed by atoms with Crippen LogP contribution in [0.2, 0.25) is 0 Å². The summed E-state index contributed by atoms with van der Waals surface area (Å²) in [5.74, 6) is -2.44. The van der Waals surface area contributed by atoms with Crippen molar-refractivity contribution in [2.45, 2.75) is 12.5 Å². The number of furan rings is 1. The first-order valence-corrected chi connectivity index (χ1v) is 4.70. The molecule has 0 aromatic carbocycles. The molecule has 8 heteroatoms. The summed E-state index contributed by atoms with van der Waals surface area (Å²) in [6.07, 6.45) is -0.695. The Kier molecular flexibility index (Phi) is 2.77. The summed E-state index contributed by atoms with van der Waals surface area (Å²) in [6, 6.07) is 2.14. The Labute approximate surface area is 94.2 Å². The predicted molar refractivity (Wildman–Crippen MR) is 50.1 cm³/mol. The number of hydrogen-bond acceptors (Lipinski definition) is 7. The Morgan fingerprint density at radius 3 is 2.82 bits per heavy atom. The molecule has 1 aromatic rings. The molecule has 1 fully saturated rings. The average molecular weight is 241 g/mol. The van der Waals surface area contributed by atoms with E-state index in [1.165, 1.54) is 0 Å². The van der Waals surface area contributed by atoms with E-state index in [0.717, 1.165) is 12.1 Å². The number of cyclic esters (lactones) is 1. The highest BCUT2D eigenvalue weighted by Gasteiger charge is 2.31. The molecule has 1 atom stereocenters. The lowest BCUT2D eigenvalue weighted by Crippen LogP contribution is -2.22. The maximum Gasteiger partial charge on any atom is 0.433 e. The van der Waals surface area contributed by atoms with E-state index >= 15 is 0 Å². The van der Waals surface area contributed by atoms with Crippen molar-refractivity contribution in [2.75, 3.05) is 6.61 Å². The third-order valence-corrected chi connectivity index (χ3v) is 2.11. The van der Waals surface area contributed by atoms with Gasteiger partial charge in [-0.2, -0.15) is 0 Å². The first-order valence-electron chi connectivity index (χ1n) is 4.70. The van der Waals surface area contributed by atoms with Gasteiger partial charge in [0, 0.05) is 6.42 Å². The SMILES string of the molecule is O=C(O[C@H]1CCOC1=O)c1ccc([N+](=O)[O-])o1. The summed E-state index contributed by atoms with van der Waals surface area (Å²) >= 11 is 0. The van der Waals surface area contributed by atoms with Gasteiger partial charge in [-0.3, -0.25) is 10.1 Å². The second kappa shape index (κ2) is 4.24. The van der Waals surface area contributed by atoms with E-state index < -0.39 is 28.9 Å². The van der Waals surface area contributed by atoms with E-state index in [9.17, 15) is 19.7 Å². The van der Waals surface area contributed by atoms with Crippen molar-refractivity contribution in [3.8, 4) is 0 Å². The predicted octanol–water partition coefficient (Wildman–Crippen LogP) is 0.660. The standard InChI is InChI=1S/C9H7NO7/c11-8-6(3-4-15-8)17-9(12)5-1-2-7(16-5)10(13)14/h1-2,6H,3-4H2/t6-/m0/s1. The molecule has 1 aromatic heterocycles. The number of esters is 2. The number of ether oxygens (including phenoxy) is 2. The summed E-state index contributed by atoms with van der Waals surface area (Å²) in [7, 11) is 0. The molecule has 8 nitrogen and oxygen atoms in total. The molecule has 90 valence electrons. The highest BCUT2D eigenvalue weighted by Crippen LogP contribution is 2.18. The lowest BCUT2D eigenvalue weighted by atomic mass is 10.3. The number of carbonyl (C=O) groups excluding carboxylic acids is 2. The van der Waals surface area contributed by atoms with Crippen LogP contribution in [0.25, 0.3) is 0 Å². The van der Waals surface area contributed by atoms with Crippen molar-refractivity contribution in [3.05, 3.63) is 28.0 Å². The molecule has 0 radical (unpaired) electrons. The van der Waals surface area contributed by atoms with Gasteiger partial charge in [0.15, 0.2) is 0 Å². The first-order chi connectivity index (χ1) is 8.08. The molecule has 0 aliphatic carbocycles. The van der Waals surface area contributed by atoms with Crippen molar-refractivity contribution >= 4 is 17.8 Å². The molecule has 0 amide bonds. The monoisotopic (exact) mass is 241 g/mol. The van der Waals surface area contributed by atoms with Crippen LogP contribution in [0.5, 0.6) is 0 Å². The Morgan fingerprint density at radius 1 is 1.53 bits per heavy atom. The van der Waals surface area contributed by atoms with E-state index in [0.29, 0.717) is 0 Å². The Balaban J connectivity index is 2.04. The second-order valence-corrected chi connectivity index (χ2v) is 3.25. The summed E-state index contributed by atoms with van der Waals surface area (Å²) in [5, 5.41) is 10.3. The van der Waals surface area contributed by atoms with Crippen LogP contribution in [-0.2, 0) is 14.3 Å². The smallest absolute Gasteiger partial charge is 0.433 e. The fourth-order valence-electron chi connectivity index (χ4n) is 1.31. The third kappa shape index (κ3) is 2.25. The molecular formula is C9H7NO7. The van der Waals surface area contributed by atoms with Gasteiger partial charge in [-0.1, -0.05) is 0 Å². The van der Waals surface area contributed by atoms with Crippen molar-refractivity contribution < 1.29 is 28.4 Å². The molecule has 1 saturated heterocycles. The van der Waals surface area contributed by atoms with Gasteiger partial charge in [0.2, 0.25) is 11.9 Å². The van der Waals surface area contributed by atoms with Crippen LogP contribution in [0.15, 0.2) is 16.5 Å². The summed E-state index contributed by atoms with van der Waals surface area (Å²) in [6.45, 7) is 0.190. The van der Waals surface area contributed by atoms with Crippen LogP contribution >= 0.6 is 0 Å². The molecule has 2 rings (SSSR count). The Bertz CT molecular complexity index is 477. The first kappa shape index (κ1) is 11.1. The van der Waals surface area contributed by atoms with Crippen LogP contribution in [0, 0.1) is 10.1 Å². The number of nitro groups is 1. The molecule has 0 N–H and O–H groups in total. The summed E-state index contributed by atoms with van der Waals surface area (Å²) in [4.78, 5) is 32.0. The molecule has 1 aliphatic heterocycles. The Morgan fingerprint density at radius 2 is 2.29 bits per heavy atom. The largest absolute Gasteiger partial charge is 0.463 e. The number of nitrogens with zero attached hydrogens (tertiary/aromatic N) is 1. The molecule has 17 heavy (non-hydrogen) atoms. The van der Waals surface area contributed by atoms with Crippen LogP contribution in [0.4, 0.5) is 5.88 Å². The third-order valence-electron chi connectivity index (χ3n) is 2.11. The molecule has 0 spiro atoms. The molecule has 2 heterocycles. The van der Waals surface area contributed by atoms with Crippen molar-refractivity contribution in [1.29, 1.82) is 0 Å². The van der Waals surface area contributed by atoms with Crippen molar-refractivity contribution in [2.24, 2.45) is 0 Å². The van der Waals surface area contributed by atoms with Crippen LogP contribution in [0.1, 0.15) is 17.0 Å². The minimum Gasteiger partial charge on any atom is -0.463 e. The minimum atomic E-state index is -0.966. The molecule has 0 saturated carbocycles. The normalized spacial score (nSPS) is 18.8. The minimum absolute atomic E-state index is 0.190. The van der Waals surface area contributed by atoms with E-state index in [4.69, 9.17) is 4.74 Å². The van der Waals surface area contributed by atoms with Gasteiger partial charge in [0.1, 0.15) is 4.92 Å². The summed E-state index contributed by atoms with van der Waals surface area (Å²) < 4.78 is 14.0. The Hall–Kier alpha value is -2.38. The van der Waals surface area contributed by atoms with Gasteiger partial charge in [0.25, 0.3) is 0 Å². The molecule has 1 aliphatic rings. The molecular weight excluding hydrogens is 234 g/mol. The number of rotatable bonds is 3. The molecule has 0 bridgehead atoms. The summed E-state index contributed by atoms with van der Waals surface area (Å²) in [5.41, 5.74) is 0. The second-order valence-electron chi connectivity index (χ2n) is 3.25. The number of hydrogen-bond donors (Lipinski definition) is 0. The van der Waals surface area contributed by atoms with Gasteiger partial charge in [-0.15, -0.1) is 0 Å². The zero-order valence-electron chi connectivity index (χ0n) is 8.45. The highest BCUT2D eigenvalue weighted by atomic mass is 16.7. The number of carbonyl (C=O) groups is 2. The molecule has 0 unspecified atom stereocenters. The average Bonchev–Trinajstić information content (AvgIpc) is 2.88. The van der Waals surface area contributed by atoms with Gasteiger partial charge < -0.3 is 13.9 Å². The lowest BCUT2D eigenvalue weighted by molar-refractivity contribution is -0.402. The fraction of sp³-hybridized carbons (Fsp3) is 0.333. The zero-order valence-corrected chi connectivity index (χ0v) is 8.45. The van der Waals surface area contributed by atoms with Crippen LogP contribution < -0.4 is 0 Å².